The largest absolute Gasteiger partial charge is 0.494 e. The van der Waals surface area contributed by atoms with E-state index < -0.39 is 11.8 Å². The summed E-state index contributed by atoms with van der Waals surface area (Å²) in [4.78, 5) is 11.8. The molecule has 0 radical (unpaired) electrons. The van der Waals surface area contributed by atoms with E-state index in [4.69, 9.17) is 9.47 Å². The lowest BCUT2D eigenvalue weighted by atomic mass is 9.98. The molecule has 3 nitrogen and oxygen atoms in total. The molecule has 1 aliphatic rings. The Morgan fingerprint density at radius 3 is 2.61 bits per heavy atom. The van der Waals surface area contributed by atoms with Gasteiger partial charge in [0, 0.05) is 0 Å². The fraction of sp³-hybridized carbons (Fsp3) is 0.500. The molecule has 1 aliphatic carbocycles. The van der Waals surface area contributed by atoms with Gasteiger partial charge in [-0.05, 0) is 43.9 Å². The number of rotatable bonds is 3. The van der Waals surface area contributed by atoms with Gasteiger partial charge in [0.05, 0.1) is 12.7 Å². The smallest absolute Gasteiger partial charge is 0.338 e. The molecule has 0 atom stereocenters. The molecule has 2 rings (SSSR count). The van der Waals surface area contributed by atoms with Gasteiger partial charge in [-0.1, -0.05) is 6.42 Å². The number of halogens is 1. The molecular formula is C14H17FO3. The molecule has 0 aromatic heterocycles. The van der Waals surface area contributed by atoms with E-state index in [-0.39, 0.29) is 17.4 Å². The Balaban J connectivity index is 2.01. The molecule has 1 saturated carbocycles. The predicted octanol–water partition coefficient (Wildman–Crippen LogP) is 3.32. The Labute approximate surface area is 106 Å². The minimum atomic E-state index is -0.546. The zero-order valence-corrected chi connectivity index (χ0v) is 10.4. The summed E-state index contributed by atoms with van der Waals surface area (Å²) in [6.45, 7) is 0. The maximum absolute atomic E-state index is 13.5. The molecule has 0 N–H and O–H groups in total. The molecule has 0 saturated heterocycles. The van der Waals surface area contributed by atoms with Gasteiger partial charge in [0.2, 0.25) is 0 Å². The summed E-state index contributed by atoms with van der Waals surface area (Å²) in [6, 6.07) is 4.11. The highest BCUT2D eigenvalue weighted by atomic mass is 19.1. The highest BCUT2D eigenvalue weighted by molar-refractivity contribution is 5.89. The molecule has 1 aromatic rings. The summed E-state index contributed by atoms with van der Waals surface area (Å²) in [5, 5.41) is 0. The molecule has 0 unspecified atom stereocenters. The van der Waals surface area contributed by atoms with E-state index >= 15 is 0 Å². The van der Waals surface area contributed by atoms with Crippen LogP contribution in [0.15, 0.2) is 18.2 Å². The Kier molecular flexibility index (Phi) is 4.18. The average Bonchev–Trinajstić information content (AvgIpc) is 2.39. The van der Waals surface area contributed by atoms with E-state index in [1.807, 2.05) is 0 Å². The predicted molar refractivity (Wildman–Crippen MR) is 65.2 cm³/mol. The first-order valence-electron chi connectivity index (χ1n) is 6.25. The van der Waals surface area contributed by atoms with Gasteiger partial charge in [0.15, 0.2) is 11.6 Å². The molecule has 1 fully saturated rings. The van der Waals surface area contributed by atoms with Crippen molar-refractivity contribution in [1.82, 2.24) is 0 Å². The van der Waals surface area contributed by atoms with E-state index in [1.165, 1.54) is 25.7 Å². The molecule has 0 amide bonds. The fourth-order valence-electron chi connectivity index (χ4n) is 2.20. The first-order valence-corrected chi connectivity index (χ1v) is 6.25. The normalized spacial score (nSPS) is 16.3. The van der Waals surface area contributed by atoms with Crippen LogP contribution in [0.1, 0.15) is 42.5 Å². The van der Waals surface area contributed by atoms with Crippen LogP contribution in [-0.2, 0) is 4.74 Å². The Bertz CT molecular complexity index is 425. The van der Waals surface area contributed by atoms with E-state index in [1.54, 1.807) is 0 Å². The van der Waals surface area contributed by atoms with Crippen molar-refractivity contribution in [2.75, 3.05) is 7.11 Å². The van der Waals surface area contributed by atoms with E-state index in [0.29, 0.717) is 0 Å². The summed E-state index contributed by atoms with van der Waals surface area (Å²) >= 11 is 0. The van der Waals surface area contributed by atoms with Crippen molar-refractivity contribution < 1.29 is 18.7 Å². The van der Waals surface area contributed by atoms with Gasteiger partial charge in [-0.3, -0.25) is 0 Å². The molecule has 0 bridgehead atoms. The van der Waals surface area contributed by atoms with Gasteiger partial charge in [0.1, 0.15) is 6.10 Å². The molecular weight excluding hydrogens is 235 g/mol. The SMILES string of the molecule is COc1ccc(C(=O)OC2CCCCC2)cc1F. The highest BCUT2D eigenvalue weighted by Gasteiger charge is 2.19. The Morgan fingerprint density at radius 2 is 2.00 bits per heavy atom. The van der Waals surface area contributed by atoms with Crippen molar-refractivity contribution >= 4 is 5.97 Å². The van der Waals surface area contributed by atoms with E-state index in [2.05, 4.69) is 0 Å². The zero-order valence-electron chi connectivity index (χ0n) is 10.4. The van der Waals surface area contributed by atoms with Gasteiger partial charge in [-0.2, -0.15) is 0 Å². The van der Waals surface area contributed by atoms with E-state index in [9.17, 15) is 9.18 Å². The van der Waals surface area contributed by atoms with Gasteiger partial charge < -0.3 is 9.47 Å². The summed E-state index contributed by atoms with van der Waals surface area (Å²) in [7, 11) is 1.39. The molecule has 98 valence electrons. The fourth-order valence-corrected chi connectivity index (χ4v) is 2.20. The van der Waals surface area contributed by atoms with Crippen LogP contribution in [0.5, 0.6) is 5.75 Å². The zero-order chi connectivity index (χ0) is 13.0. The first-order chi connectivity index (χ1) is 8.70. The third kappa shape index (κ3) is 3.00. The summed E-state index contributed by atoms with van der Waals surface area (Å²) < 4.78 is 23.6. The van der Waals surface area contributed by atoms with Crippen LogP contribution in [-0.4, -0.2) is 19.2 Å². The summed E-state index contributed by atoms with van der Waals surface area (Å²) in [5.74, 6) is -0.872. The third-order valence-electron chi connectivity index (χ3n) is 3.21. The van der Waals surface area contributed by atoms with Crippen LogP contribution in [0.2, 0.25) is 0 Å². The minimum absolute atomic E-state index is 0.0172. The standard InChI is InChI=1S/C14H17FO3/c1-17-13-8-7-10(9-12(13)15)14(16)18-11-5-3-2-4-6-11/h7-9,11H,2-6H2,1H3. The van der Waals surface area contributed by atoms with E-state index in [0.717, 1.165) is 31.7 Å². The van der Waals surface area contributed by atoms with Crippen molar-refractivity contribution in [2.24, 2.45) is 0 Å². The Morgan fingerprint density at radius 1 is 1.28 bits per heavy atom. The number of benzene rings is 1. The maximum atomic E-state index is 13.5. The van der Waals surface area contributed by atoms with Crippen LogP contribution in [0, 0.1) is 5.82 Å². The highest BCUT2D eigenvalue weighted by Crippen LogP contribution is 2.23. The number of hydrogen-bond donors (Lipinski definition) is 0. The number of esters is 1. The van der Waals surface area contributed by atoms with Crippen LogP contribution in [0.4, 0.5) is 4.39 Å². The lowest BCUT2D eigenvalue weighted by Gasteiger charge is -2.21. The molecule has 0 spiro atoms. The third-order valence-corrected chi connectivity index (χ3v) is 3.21. The van der Waals surface area contributed by atoms with Crippen molar-refractivity contribution in [3.05, 3.63) is 29.6 Å². The van der Waals surface area contributed by atoms with Crippen LogP contribution in [0.3, 0.4) is 0 Å². The first kappa shape index (κ1) is 12.9. The lowest BCUT2D eigenvalue weighted by molar-refractivity contribution is 0.0210. The minimum Gasteiger partial charge on any atom is -0.494 e. The van der Waals surface area contributed by atoms with Gasteiger partial charge in [0.25, 0.3) is 0 Å². The van der Waals surface area contributed by atoms with Gasteiger partial charge >= 0.3 is 5.97 Å². The topological polar surface area (TPSA) is 35.5 Å². The number of hydrogen-bond acceptors (Lipinski definition) is 3. The lowest BCUT2D eigenvalue weighted by Crippen LogP contribution is -2.21. The average molecular weight is 252 g/mol. The number of ether oxygens (including phenoxy) is 2. The second kappa shape index (κ2) is 5.85. The molecule has 4 heteroatoms. The van der Waals surface area contributed by atoms with Crippen LogP contribution >= 0.6 is 0 Å². The van der Waals surface area contributed by atoms with Gasteiger partial charge in [-0.25, -0.2) is 9.18 Å². The quantitative estimate of drug-likeness (QED) is 0.774. The molecule has 18 heavy (non-hydrogen) atoms. The molecule has 1 aromatic carbocycles. The Hall–Kier alpha value is -1.58. The maximum Gasteiger partial charge on any atom is 0.338 e. The van der Waals surface area contributed by atoms with Crippen molar-refractivity contribution in [3.8, 4) is 5.75 Å². The van der Waals surface area contributed by atoms with Crippen molar-refractivity contribution in [1.29, 1.82) is 0 Å². The van der Waals surface area contributed by atoms with Crippen LogP contribution < -0.4 is 4.74 Å². The van der Waals surface area contributed by atoms with Crippen molar-refractivity contribution in [2.45, 2.75) is 38.2 Å². The van der Waals surface area contributed by atoms with Gasteiger partial charge in [-0.15, -0.1) is 0 Å². The number of carbonyl (C=O) groups is 1. The second-order valence-corrected chi connectivity index (χ2v) is 4.51. The molecule has 0 heterocycles. The second-order valence-electron chi connectivity index (χ2n) is 4.51. The van der Waals surface area contributed by atoms with Crippen molar-refractivity contribution in [3.63, 3.8) is 0 Å². The summed E-state index contributed by atoms with van der Waals surface area (Å²) in [6.07, 6.45) is 5.18. The molecule has 0 aliphatic heterocycles. The number of methoxy groups -OCH3 is 1. The summed E-state index contributed by atoms with van der Waals surface area (Å²) in [5.41, 5.74) is 0.235. The van der Waals surface area contributed by atoms with Crippen LogP contribution in [0.25, 0.3) is 0 Å². The monoisotopic (exact) mass is 252 g/mol. The number of carbonyl (C=O) groups excluding carboxylic acids is 1.